The van der Waals surface area contributed by atoms with Gasteiger partial charge in [-0.15, -0.1) is 0 Å². The van der Waals surface area contributed by atoms with Gasteiger partial charge >= 0.3 is 0 Å². The van der Waals surface area contributed by atoms with E-state index in [-0.39, 0.29) is 0 Å². The van der Waals surface area contributed by atoms with Crippen LogP contribution in [0.25, 0.3) is 21.8 Å². The van der Waals surface area contributed by atoms with E-state index in [1.54, 1.807) is 0 Å². The molecule has 0 amide bonds. The summed E-state index contributed by atoms with van der Waals surface area (Å²) >= 11 is 2.26. The van der Waals surface area contributed by atoms with Gasteiger partial charge in [-0.3, -0.25) is 0 Å². The first-order valence-electron chi connectivity index (χ1n) is 4.76. The second kappa shape index (κ2) is 3.20. The molecule has 3 aromatic rings. The van der Waals surface area contributed by atoms with Crippen LogP contribution in [0.5, 0.6) is 0 Å². The summed E-state index contributed by atoms with van der Waals surface area (Å²) < 4.78 is 3.14. The zero-order chi connectivity index (χ0) is 10.4. The third kappa shape index (κ3) is 1.33. The predicted octanol–water partition coefficient (Wildman–Crippen LogP) is 3.33. The Morgan fingerprint density at radius 3 is 2.53 bits per heavy atom. The Kier molecular flexibility index (Phi) is 1.95. The normalized spacial score (nSPS) is 11.3. The number of halogens is 1. The minimum absolute atomic E-state index is 1.03. The first-order chi connectivity index (χ1) is 7.25. The number of fused-ring (bicyclic) bond motifs is 2. The number of nitrogens with zero attached hydrogens (tertiary/aromatic N) is 2. The third-order valence-corrected chi connectivity index (χ3v) is 3.66. The van der Waals surface area contributed by atoms with E-state index in [1.807, 2.05) is 7.05 Å². The lowest BCUT2D eigenvalue weighted by Crippen LogP contribution is -1.89. The lowest BCUT2D eigenvalue weighted by molar-refractivity contribution is 0.909. The van der Waals surface area contributed by atoms with Crippen LogP contribution < -0.4 is 0 Å². The van der Waals surface area contributed by atoms with E-state index in [0.717, 1.165) is 9.35 Å². The van der Waals surface area contributed by atoms with Gasteiger partial charge in [-0.25, -0.2) is 4.98 Å². The molecule has 0 radical (unpaired) electrons. The molecule has 74 valence electrons. The number of hydrogen-bond acceptors (Lipinski definition) is 1. The Morgan fingerprint density at radius 1 is 1.13 bits per heavy atom. The number of imidazole rings is 1. The molecule has 2 aromatic carbocycles. The largest absolute Gasteiger partial charge is 0.322 e. The van der Waals surface area contributed by atoms with E-state index in [4.69, 9.17) is 0 Å². The van der Waals surface area contributed by atoms with E-state index in [1.165, 1.54) is 16.3 Å². The van der Waals surface area contributed by atoms with Crippen molar-refractivity contribution in [2.45, 2.75) is 0 Å². The van der Waals surface area contributed by atoms with Gasteiger partial charge in [-0.1, -0.05) is 24.3 Å². The molecule has 3 heteroatoms. The van der Waals surface area contributed by atoms with Crippen molar-refractivity contribution in [2.24, 2.45) is 7.05 Å². The molecule has 1 aromatic heterocycles. The van der Waals surface area contributed by atoms with Crippen LogP contribution in [0.4, 0.5) is 0 Å². The van der Waals surface area contributed by atoms with Crippen molar-refractivity contribution in [3.63, 3.8) is 0 Å². The Bertz CT molecular complexity index is 655. The predicted molar refractivity (Wildman–Crippen MR) is 70.9 cm³/mol. The average molecular weight is 308 g/mol. The first kappa shape index (κ1) is 9.15. The van der Waals surface area contributed by atoms with Gasteiger partial charge < -0.3 is 4.57 Å². The lowest BCUT2D eigenvalue weighted by Gasteiger charge is -1.99. The molecular weight excluding hydrogens is 299 g/mol. The molecule has 0 atom stereocenters. The SMILES string of the molecule is Cn1c(I)nc2cc3ccccc3cc21. The molecule has 0 saturated carbocycles. The first-order valence-corrected chi connectivity index (χ1v) is 5.84. The van der Waals surface area contributed by atoms with Gasteiger partial charge in [0.15, 0.2) is 3.83 Å². The molecule has 0 unspecified atom stereocenters. The van der Waals surface area contributed by atoms with Crippen molar-refractivity contribution in [2.75, 3.05) is 0 Å². The zero-order valence-corrected chi connectivity index (χ0v) is 10.4. The van der Waals surface area contributed by atoms with E-state index in [2.05, 4.69) is 68.5 Å². The number of hydrogen-bond donors (Lipinski definition) is 0. The zero-order valence-electron chi connectivity index (χ0n) is 8.24. The van der Waals surface area contributed by atoms with Crippen LogP contribution in [0, 0.1) is 3.83 Å². The summed E-state index contributed by atoms with van der Waals surface area (Å²) in [6.07, 6.45) is 0. The molecule has 2 nitrogen and oxygen atoms in total. The van der Waals surface area contributed by atoms with E-state index >= 15 is 0 Å². The fourth-order valence-electron chi connectivity index (χ4n) is 1.85. The summed E-state index contributed by atoms with van der Waals surface area (Å²) in [4.78, 5) is 4.51. The smallest absolute Gasteiger partial charge is 0.172 e. The Hall–Kier alpha value is -1.10. The molecule has 0 spiro atoms. The van der Waals surface area contributed by atoms with E-state index in [0.29, 0.717) is 0 Å². The van der Waals surface area contributed by atoms with Crippen molar-refractivity contribution in [3.05, 3.63) is 40.2 Å². The molecule has 0 saturated heterocycles. The number of aryl methyl sites for hydroxylation is 1. The molecule has 15 heavy (non-hydrogen) atoms. The van der Waals surface area contributed by atoms with Crippen molar-refractivity contribution in [1.82, 2.24) is 9.55 Å². The molecule has 0 fully saturated rings. The van der Waals surface area contributed by atoms with Crippen LogP contribution >= 0.6 is 22.6 Å². The highest BCUT2D eigenvalue weighted by atomic mass is 127. The highest BCUT2D eigenvalue weighted by Gasteiger charge is 2.05. The van der Waals surface area contributed by atoms with Gasteiger partial charge in [-0.05, 0) is 45.5 Å². The van der Waals surface area contributed by atoms with Crippen LogP contribution in [0.1, 0.15) is 0 Å². The quantitative estimate of drug-likeness (QED) is 0.583. The van der Waals surface area contributed by atoms with Crippen LogP contribution in [0.2, 0.25) is 0 Å². The van der Waals surface area contributed by atoms with Crippen molar-refractivity contribution in [3.8, 4) is 0 Å². The molecule has 1 heterocycles. The second-order valence-electron chi connectivity index (χ2n) is 3.63. The van der Waals surface area contributed by atoms with Crippen molar-refractivity contribution < 1.29 is 0 Å². The van der Waals surface area contributed by atoms with Gasteiger partial charge in [-0.2, -0.15) is 0 Å². The molecule has 0 aliphatic rings. The maximum atomic E-state index is 4.51. The number of aromatic nitrogens is 2. The van der Waals surface area contributed by atoms with Gasteiger partial charge in [0.05, 0.1) is 11.0 Å². The molecule has 0 aliphatic carbocycles. The Labute approximate surface area is 101 Å². The Morgan fingerprint density at radius 2 is 1.80 bits per heavy atom. The molecule has 3 rings (SSSR count). The fourth-order valence-corrected chi connectivity index (χ4v) is 2.37. The standard InChI is InChI=1S/C12H9IN2/c1-15-11-7-9-5-3-2-4-8(9)6-10(11)14-12(15)13/h2-7H,1H3. The molecule has 0 bridgehead atoms. The second-order valence-corrected chi connectivity index (χ2v) is 4.59. The number of rotatable bonds is 0. The maximum Gasteiger partial charge on any atom is 0.172 e. The van der Waals surface area contributed by atoms with Crippen LogP contribution in [-0.2, 0) is 7.05 Å². The minimum atomic E-state index is 1.03. The van der Waals surface area contributed by atoms with Gasteiger partial charge in [0.25, 0.3) is 0 Å². The lowest BCUT2D eigenvalue weighted by atomic mass is 10.1. The topological polar surface area (TPSA) is 17.8 Å². The summed E-state index contributed by atoms with van der Waals surface area (Å²) in [7, 11) is 2.05. The fraction of sp³-hybridized carbons (Fsp3) is 0.0833. The summed E-state index contributed by atoms with van der Waals surface area (Å²) in [5, 5.41) is 2.52. The summed E-state index contributed by atoms with van der Waals surface area (Å²) in [5.41, 5.74) is 2.26. The highest BCUT2D eigenvalue weighted by Crippen LogP contribution is 2.23. The summed E-state index contributed by atoms with van der Waals surface area (Å²) in [6.45, 7) is 0. The van der Waals surface area contributed by atoms with Gasteiger partial charge in [0, 0.05) is 7.05 Å². The Balaban J connectivity index is 2.53. The summed E-state index contributed by atoms with van der Waals surface area (Å²) in [6, 6.07) is 12.7. The van der Waals surface area contributed by atoms with Gasteiger partial charge in [0.1, 0.15) is 0 Å². The van der Waals surface area contributed by atoms with Crippen molar-refractivity contribution in [1.29, 1.82) is 0 Å². The molecular formula is C12H9IN2. The minimum Gasteiger partial charge on any atom is -0.322 e. The van der Waals surface area contributed by atoms with Crippen molar-refractivity contribution >= 4 is 44.4 Å². The van der Waals surface area contributed by atoms with Crippen LogP contribution in [0.15, 0.2) is 36.4 Å². The average Bonchev–Trinajstić information content (AvgIpc) is 2.52. The molecule has 0 aliphatic heterocycles. The maximum absolute atomic E-state index is 4.51. The monoisotopic (exact) mass is 308 g/mol. The highest BCUT2D eigenvalue weighted by molar-refractivity contribution is 14.1. The van der Waals surface area contributed by atoms with E-state index in [9.17, 15) is 0 Å². The van der Waals surface area contributed by atoms with Crippen LogP contribution in [0.3, 0.4) is 0 Å². The van der Waals surface area contributed by atoms with E-state index < -0.39 is 0 Å². The van der Waals surface area contributed by atoms with Crippen LogP contribution in [-0.4, -0.2) is 9.55 Å². The molecule has 0 N–H and O–H groups in total. The number of benzene rings is 2. The third-order valence-electron chi connectivity index (χ3n) is 2.69. The van der Waals surface area contributed by atoms with Gasteiger partial charge in [0.2, 0.25) is 0 Å². The summed E-state index contributed by atoms with van der Waals surface area (Å²) in [5.74, 6) is 0.